The number of carbonyl (C=O) groups is 1. The van der Waals surface area contributed by atoms with Gasteiger partial charge in [0.05, 0.1) is 37.3 Å². The number of halogens is 1. The van der Waals surface area contributed by atoms with Gasteiger partial charge in [-0.3, -0.25) is 14.5 Å². The Labute approximate surface area is 190 Å². The molecular formula is C24H23ClN2O5. The maximum absolute atomic E-state index is 13.6. The van der Waals surface area contributed by atoms with E-state index < -0.39 is 6.04 Å². The van der Waals surface area contributed by atoms with Gasteiger partial charge in [0.2, 0.25) is 5.76 Å². The van der Waals surface area contributed by atoms with E-state index in [1.165, 1.54) is 0 Å². The minimum absolute atomic E-state index is 0.0969. The van der Waals surface area contributed by atoms with Gasteiger partial charge in [-0.25, -0.2) is 0 Å². The van der Waals surface area contributed by atoms with Crippen LogP contribution in [0.3, 0.4) is 0 Å². The van der Waals surface area contributed by atoms with Crippen molar-refractivity contribution in [2.45, 2.75) is 6.04 Å². The number of amides is 1. The van der Waals surface area contributed by atoms with Gasteiger partial charge < -0.3 is 18.8 Å². The summed E-state index contributed by atoms with van der Waals surface area (Å²) >= 11 is 6.14. The van der Waals surface area contributed by atoms with Crippen molar-refractivity contribution < 1.29 is 18.7 Å². The molecule has 1 aromatic heterocycles. The van der Waals surface area contributed by atoms with E-state index in [0.717, 1.165) is 18.7 Å². The number of hydrogen-bond donors (Lipinski definition) is 0. The molecule has 1 fully saturated rings. The van der Waals surface area contributed by atoms with Crippen molar-refractivity contribution in [1.29, 1.82) is 0 Å². The second-order valence-corrected chi connectivity index (χ2v) is 8.38. The van der Waals surface area contributed by atoms with Crippen molar-refractivity contribution in [3.05, 3.63) is 74.6 Å². The molecule has 0 spiro atoms. The first kappa shape index (κ1) is 21.0. The first-order valence-electron chi connectivity index (χ1n) is 10.6. The van der Waals surface area contributed by atoms with Crippen LogP contribution in [0.4, 0.5) is 0 Å². The van der Waals surface area contributed by atoms with E-state index in [4.69, 9.17) is 25.5 Å². The highest BCUT2D eigenvalue weighted by molar-refractivity contribution is 6.31. The number of rotatable bonds is 5. The highest BCUT2D eigenvalue weighted by Gasteiger charge is 2.42. The molecule has 0 unspecified atom stereocenters. The van der Waals surface area contributed by atoms with E-state index in [1.54, 1.807) is 30.2 Å². The molecule has 0 radical (unpaired) electrons. The second-order valence-electron chi connectivity index (χ2n) is 7.95. The zero-order chi connectivity index (χ0) is 22.2. The fourth-order valence-electron chi connectivity index (χ4n) is 4.46. The molecule has 1 saturated heterocycles. The largest absolute Gasteiger partial charge is 0.497 e. The molecule has 166 valence electrons. The quantitative estimate of drug-likeness (QED) is 0.589. The number of ether oxygens (including phenoxy) is 2. The van der Waals surface area contributed by atoms with Crippen molar-refractivity contribution >= 4 is 28.5 Å². The number of methoxy groups -OCH3 is 1. The van der Waals surface area contributed by atoms with Gasteiger partial charge in [-0.2, -0.15) is 0 Å². The average Bonchev–Trinajstić information content (AvgIpc) is 3.10. The number of morpholine rings is 1. The van der Waals surface area contributed by atoms with Crippen molar-refractivity contribution in [3.63, 3.8) is 0 Å². The van der Waals surface area contributed by atoms with Gasteiger partial charge in [-0.1, -0.05) is 23.7 Å². The average molecular weight is 455 g/mol. The van der Waals surface area contributed by atoms with Crippen molar-refractivity contribution in [2.24, 2.45) is 0 Å². The third-order valence-electron chi connectivity index (χ3n) is 6.10. The zero-order valence-electron chi connectivity index (χ0n) is 17.7. The van der Waals surface area contributed by atoms with Crippen molar-refractivity contribution in [2.75, 3.05) is 46.5 Å². The number of carbonyl (C=O) groups excluding carboxylic acids is 1. The smallest absolute Gasteiger partial charge is 0.290 e. The normalized spacial score (nSPS) is 18.9. The Morgan fingerprint density at radius 1 is 1.09 bits per heavy atom. The van der Waals surface area contributed by atoms with Gasteiger partial charge >= 0.3 is 0 Å². The Kier molecular flexibility index (Phi) is 5.63. The molecule has 2 aliphatic heterocycles. The fraction of sp³-hybridized carbons (Fsp3) is 0.333. The van der Waals surface area contributed by atoms with Crippen LogP contribution in [0.25, 0.3) is 11.0 Å². The van der Waals surface area contributed by atoms with Crippen LogP contribution in [-0.4, -0.2) is 62.2 Å². The van der Waals surface area contributed by atoms with Crippen LogP contribution in [0.15, 0.2) is 51.7 Å². The molecule has 1 atom stereocenters. The zero-order valence-corrected chi connectivity index (χ0v) is 18.4. The summed E-state index contributed by atoms with van der Waals surface area (Å²) < 4.78 is 16.8. The van der Waals surface area contributed by atoms with Crippen LogP contribution in [0, 0.1) is 0 Å². The van der Waals surface area contributed by atoms with E-state index in [9.17, 15) is 9.59 Å². The molecule has 3 aromatic rings. The number of benzene rings is 2. The Balaban J connectivity index is 1.62. The maximum atomic E-state index is 13.6. The van der Waals surface area contributed by atoms with Crippen molar-refractivity contribution in [1.82, 2.24) is 9.80 Å². The molecule has 0 saturated carbocycles. The molecule has 5 rings (SSSR count). The molecule has 0 bridgehead atoms. The third kappa shape index (κ3) is 3.66. The van der Waals surface area contributed by atoms with Crippen LogP contribution < -0.4 is 10.2 Å². The summed E-state index contributed by atoms with van der Waals surface area (Å²) in [5.74, 6) is 0.472. The highest BCUT2D eigenvalue weighted by atomic mass is 35.5. The summed E-state index contributed by atoms with van der Waals surface area (Å²) in [4.78, 5) is 31.0. The van der Waals surface area contributed by atoms with Crippen molar-refractivity contribution in [3.8, 4) is 5.75 Å². The summed E-state index contributed by atoms with van der Waals surface area (Å²) in [5, 5.41) is 0.808. The molecular weight excluding hydrogens is 432 g/mol. The summed E-state index contributed by atoms with van der Waals surface area (Å²) in [6, 6.07) is 11.8. The van der Waals surface area contributed by atoms with Crippen LogP contribution >= 0.6 is 11.6 Å². The topological polar surface area (TPSA) is 72.2 Å². The molecule has 8 heteroatoms. The molecule has 7 nitrogen and oxygen atoms in total. The first-order chi connectivity index (χ1) is 15.6. The van der Waals surface area contributed by atoms with E-state index >= 15 is 0 Å². The fourth-order valence-corrected chi connectivity index (χ4v) is 4.63. The number of hydrogen-bond acceptors (Lipinski definition) is 6. The lowest BCUT2D eigenvalue weighted by molar-refractivity contribution is 0.0314. The number of nitrogens with zero attached hydrogens (tertiary/aromatic N) is 2. The summed E-state index contributed by atoms with van der Waals surface area (Å²) in [6.07, 6.45) is 0. The van der Waals surface area contributed by atoms with Gasteiger partial charge in [0.25, 0.3) is 5.91 Å². The Morgan fingerprint density at radius 2 is 1.91 bits per heavy atom. The van der Waals surface area contributed by atoms with Crippen LogP contribution in [0.1, 0.15) is 27.7 Å². The Hall–Kier alpha value is -2.87. The Morgan fingerprint density at radius 3 is 2.69 bits per heavy atom. The van der Waals surface area contributed by atoms with Crippen LogP contribution in [0.5, 0.6) is 5.75 Å². The predicted octanol–water partition coefficient (Wildman–Crippen LogP) is 3.33. The first-order valence-corrected chi connectivity index (χ1v) is 11.0. The second kappa shape index (κ2) is 8.58. The van der Waals surface area contributed by atoms with Gasteiger partial charge in [0.1, 0.15) is 11.3 Å². The lowest BCUT2D eigenvalue weighted by atomic mass is 9.98. The summed E-state index contributed by atoms with van der Waals surface area (Å²) in [7, 11) is 1.59. The molecule has 1 amide bonds. The van der Waals surface area contributed by atoms with Gasteiger partial charge in [0.15, 0.2) is 5.43 Å². The molecule has 2 aliphatic rings. The molecule has 0 aliphatic carbocycles. The van der Waals surface area contributed by atoms with E-state index in [1.807, 2.05) is 24.3 Å². The third-order valence-corrected chi connectivity index (χ3v) is 6.33. The maximum Gasteiger partial charge on any atom is 0.290 e. The van der Waals surface area contributed by atoms with Crippen LogP contribution in [0.2, 0.25) is 5.02 Å². The van der Waals surface area contributed by atoms with E-state index in [2.05, 4.69) is 4.90 Å². The van der Waals surface area contributed by atoms with E-state index in [0.29, 0.717) is 53.6 Å². The monoisotopic (exact) mass is 454 g/mol. The predicted molar refractivity (Wildman–Crippen MR) is 121 cm³/mol. The molecule has 0 N–H and O–H groups in total. The molecule has 32 heavy (non-hydrogen) atoms. The lowest BCUT2D eigenvalue weighted by Gasteiger charge is -2.31. The van der Waals surface area contributed by atoms with Crippen LogP contribution in [-0.2, 0) is 4.74 Å². The molecule has 2 aromatic carbocycles. The highest BCUT2D eigenvalue weighted by Crippen LogP contribution is 2.39. The minimum atomic E-state index is -0.562. The SMILES string of the molecule is COc1cccc([C@@H]2c3c(oc4ccc(Cl)cc4c3=O)C(=O)N2CCN2CCOCC2)c1. The standard InChI is InChI=1S/C24H23ClN2O5/c1-30-17-4-2-3-15(13-17)21-20-22(28)18-14-16(25)5-6-19(18)32-23(20)24(29)27(21)8-7-26-9-11-31-12-10-26/h2-6,13-14,21H,7-12H2,1H3/t21-/m1/s1. The molecule has 3 heterocycles. The lowest BCUT2D eigenvalue weighted by Crippen LogP contribution is -2.42. The number of fused-ring (bicyclic) bond motifs is 2. The van der Waals surface area contributed by atoms with E-state index in [-0.39, 0.29) is 17.1 Å². The summed E-state index contributed by atoms with van der Waals surface area (Å²) in [6.45, 7) is 4.14. The summed E-state index contributed by atoms with van der Waals surface area (Å²) in [5.41, 5.74) is 1.26. The van der Waals surface area contributed by atoms with Gasteiger partial charge in [-0.15, -0.1) is 0 Å². The minimum Gasteiger partial charge on any atom is -0.497 e. The van der Waals surface area contributed by atoms with Gasteiger partial charge in [0, 0.05) is 31.2 Å². The van der Waals surface area contributed by atoms with Gasteiger partial charge in [-0.05, 0) is 35.9 Å². The Bertz CT molecular complexity index is 1230.